The summed E-state index contributed by atoms with van der Waals surface area (Å²) in [5.74, 6) is 0. The zero-order chi connectivity index (χ0) is 18.2. The minimum absolute atomic E-state index is 0.393. The maximum atomic E-state index is 11.3. The molecule has 1 aromatic carbocycles. The molecular weight excluding hydrogens is 316 g/mol. The van der Waals surface area contributed by atoms with E-state index in [9.17, 15) is 8.42 Å². The van der Waals surface area contributed by atoms with Crippen molar-refractivity contribution >= 4 is 15.4 Å². The molecule has 3 heteroatoms. The van der Waals surface area contributed by atoms with Crippen molar-refractivity contribution in [3.05, 3.63) is 59.2 Å². The van der Waals surface area contributed by atoms with Gasteiger partial charge in [0, 0.05) is 6.26 Å². The van der Waals surface area contributed by atoms with Crippen LogP contribution in [0.5, 0.6) is 0 Å². The Labute approximate surface area is 147 Å². The molecule has 0 bridgehead atoms. The smallest absolute Gasteiger partial charge is 0.175 e. The van der Waals surface area contributed by atoms with Gasteiger partial charge in [0.1, 0.15) is 0 Å². The van der Waals surface area contributed by atoms with Gasteiger partial charge in [-0.15, -0.1) is 0 Å². The number of allylic oxidation sites excluding steroid dienone is 6. The number of hydrogen-bond donors (Lipinski definition) is 0. The minimum Gasteiger partial charge on any atom is -0.224 e. The molecule has 0 amide bonds. The highest BCUT2D eigenvalue weighted by molar-refractivity contribution is 7.90. The topological polar surface area (TPSA) is 34.1 Å². The summed E-state index contributed by atoms with van der Waals surface area (Å²) in [5.41, 5.74) is 5.30. The van der Waals surface area contributed by atoms with Crippen LogP contribution in [0.1, 0.15) is 58.9 Å². The average Bonchev–Trinajstić information content (AvgIpc) is 3.07. The lowest BCUT2D eigenvalue weighted by atomic mass is 10.1. The van der Waals surface area contributed by atoms with Gasteiger partial charge in [-0.1, -0.05) is 48.4 Å². The Kier molecular flexibility index (Phi) is 8.20. The van der Waals surface area contributed by atoms with E-state index in [0.29, 0.717) is 4.90 Å². The van der Waals surface area contributed by atoms with Crippen LogP contribution in [0.4, 0.5) is 0 Å². The van der Waals surface area contributed by atoms with Crippen molar-refractivity contribution in [3.8, 4) is 0 Å². The van der Waals surface area contributed by atoms with Crippen molar-refractivity contribution in [2.24, 2.45) is 0 Å². The molecule has 24 heavy (non-hydrogen) atoms. The highest BCUT2D eigenvalue weighted by Crippen LogP contribution is 2.27. The Hall–Kier alpha value is -1.61. The maximum absolute atomic E-state index is 11.3. The molecule has 2 rings (SSSR count). The molecule has 0 heterocycles. The van der Waals surface area contributed by atoms with Gasteiger partial charge in [-0.3, -0.25) is 0 Å². The van der Waals surface area contributed by atoms with Gasteiger partial charge >= 0.3 is 0 Å². The van der Waals surface area contributed by atoms with E-state index in [1.54, 1.807) is 12.1 Å². The quantitative estimate of drug-likeness (QED) is 0.630. The first-order valence-electron chi connectivity index (χ1n) is 8.54. The molecule has 0 saturated heterocycles. The van der Waals surface area contributed by atoms with Gasteiger partial charge in [-0.2, -0.15) is 0 Å². The molecule has 1 aliphatic rings. The number of benzene rings is 1. The summed E-state index contributed by atoms with van der Waals surface area (Å²) in [4.78, 5) is 0.393. The van der Waals surface area contributed by atoms with Gasteiger partial charge in [0.2, 0.25) is 0 Å². The van der Waals surface area contributed by atoms with Gasteiger partial charge < -0.3 is 0 Å². The Morgan fingerprint density at radius 3 is 2.12 bits per heavy atom. The predicted molar refractivity (Wildman–Crippen MR) is 105 cm³/mol. The van der Waals surface area contributed by atoms with E-state index in [1.165, 1.54) is 29.4 Å². The molecule has 0 fully saturated rings. The van der Waals surface area contributed by atoms with Crippen molar-refractivity contribution in [3.63, 3.8) is 0 Å². The average molecular weight is 347 g/mol. The van der Waals surface area contributed by atoms with Crippen LogP contribution < -0.4 is 0 Å². The van der Waals surface area contributed by atoms with Crippen LogP contribution in [0.15, 0.2) is 58.5 Å². The fourth-order valence-corrected chi connectivity index (χ4v) is 2.91. The largest absolute Gasteiger partial charge is 0.224 e. The monoisotopic (exact) mass is 346 g/mol. The first-order valence-corrected chi connectivity index (χ1v) is 10.4. The molecule has 132 valence electrons. The second kappa shape index (κ2) is 9.63. The fourth-order valence-electron chi connectivity index (χ4n) is 2.28. The van der Waals surface area contributed by atoms with E-state index < -0.39 is 9.84 Å². The first kappa shape index (κ1) is 20.4. The number of sulfone groups is 1. The molecule has 0 N–H and O–H groups in total. The summed E-state index contributed by atoms with van der Waals surface area (Å²) in [5, 5.41) is 0. The van der Waals surface area contributed by atoms with Crippen LogP contribution in [0.3, 0.4) is 0 Å². The van der Waals surface area contributed by atoms with Gasteiger partial charge in [0.05, 0.1) is 4.90 Å². The Morgan fingerprint density at radius 1 is 1.08 bits per heavy atom. The van der Waals surface area contributed by atoms with Crippen molar-refractivity contribution in [1.82, 2.24) is 0 Å². The number of rotatable bonds is 4. The lowest BCUT2D eigenvalue weighted by molar-refractivity contribution is 0.602. The van der Waals surface area contributed by atoms with Crippen LogP contribution in [0.2, 0.25) is 0 Å². The highest BCUT2D eigenvalue weighted by atomic mass is 32.2. The predicted octanol–water partition coefficient (Wildman–Crippen LogP) is 5.97. The molecule has 2 nitrogen and oxygen atoms in total. The van der Waals surface area contributed by atoms with E-state index in [2.05, 4.69) is 45.9 Å². The van der Waals surface area contributed by atoms with Crippen molar-refractivity contribution in [2.45, 2.75) is 58.3 Å². The van der Waals surface area contributed by atoms with E-state index in [0.717, 1.165) is 24.8 Å². The first-order chi connectivity index (χ1) is 11.2. The van der Waals surface area contributed by atoms with Crippen LogP contribution >= 0.6 is 0 Å². The van der Waals surface area contributed by atoms with Crippen LogP contribution in [-0.2, 0) is 9.84 Å². The second-order valence-corrected chi connectivity index (χ2v) is 8.54. The Morgan fingerprint density at radius 2 is 1.71 bits per heavy atom. The van der Waals surface area contributed by atoms with Crippen molar-refractivity contribution in [2.75, 3.05) is 6.26 Å². The molecule has 0 aliphatic heterocycles. The summed E-state index contributed by atoms with van der Waals surface area (Å²) in [6.07, 6.45) is 12.4. The molecule has 1 aromatic rings. The third-order valence-corrected chi connectivity index (χ3v) is 5.08. The molecule has 0 unspecified atom stereocenters. The van der Waals surface area contributed by atoms with Gasteiger partial charge in [-0.05, 0) is 69.7 Å². The molecule has 0 aromatic heterocycles. The minimum atomic E-state index is -3.06. The number of hydrogen-bond acceptors (Lipinski definition) is 2. The Bertz CT molecular complexity index is 714. The van der Waals surface area contributed by atoms with E-state index in [1.807, 2.05) is 12.1 Å². The van der Waals surface area contributed by atoms with Gasteiger partial charge in [0.15, 0.2) is 9.84 Å². The molecule has 0 spiro atoms. The van der Waals surface area contributed by atoms with E-state index >= 15 is 0 Å². The summed E-state index contributed by atoms with van der Waals surface area (Å²) in [6, 6.07) is 7.16. The zero-order valence-corrected chi connectivity index (χ0v) is 16.4. The van der Waals surface area contributed by atoms with Crippen LogP contribution in [-0.4, -0.2) is 14.7 Å². The zero-order valence-electron chi connectivity index (χ0n) is 15.6. The van der Waals surface area contributed by atoms with Crippen LogP contribution in [0, 0.1) is 0 Å². The van der Waals surface area contributed by atoms with Crippen LogP contribution in [0.25, 0.3) is 5.57 Å². The Balaban J connectivity index is 0.000000277. The molecule has 0 saturated carbocycles. The summed E-state index contributed by atoms with van der Waals surface area (Å²) in [7, 11) is -3.06. The normalized spacial score (nSPS) is 14.5. The van der Waals surface area contributed by atoms with E-state index in [4.69, 9.17) is 0 Å². The van der Waals surface area contributed by atoms with Crippen molar-refractivity contribution in [1.29, 1.82) is 0 Å². The third kappa shape index (κ3) is 7.31. The molecule has 0 atom stereocenters. The lowest BCUT2D eigenvalue weighted by Gasteiger charge is -2.03. The van der Waals surface area contributed by atoms with Crippen molar-refractivity contribution < 1.29 is 8.42 Å². The summed E-state index contributed by atoms with van der Waals surface area (Å²) < 4.78 is 22.5. The van der Waals surface area contributed by atoms with E-state index in [-0.39, 0.29) is 0 Å². The lowest BCUT2D eigenvalue weighted by Crippen LogP contribution is -1.96. The molecular formula is C21H30O2S. The SMILES string of the molecule is CC/C(C)=C/C=C(C)C.CS(=O)(=O)c1ccc(C2=CCCC2)cc1. The third-order valence-electron chi connectivity index (χ3n) is 3.95. The fraction of sp³-hybridized carbons (Fsp3) is 0.429. The standard InChI is InChI=1S/C12H14O2S.C9H16/c1-15(13,14)12-8-6-11(7-9-12)10-4-2-3-5-10;1-5-9(4)7-6-8(2)3/h4,6-9H,2-3,5H2,1H3;6-7H,5H2,1-4H3/b;9-7+. The maximum Gasteiger partial charge on any atom is 0.175 e. The summed E-state index contributed by atoms with van der Waals surface area (Å²) in [6.45, 7) is 8.54. The van der Waals surface area contributed by atoms with Gasteiger partial charge in [-0.25, -0.2) is 8.42 Å². The highest BCUT2D eigenvalue weighted by Gasteiger charge is 2.09. The second-order valence-electron chi connectivity index (χ2n) is 6.53. The molecule has 1 aliphatic carbocycles. The molecule has 0 radical (unpaired) electrons. The van der Waals surface area contributed by atoms with Gasteiger partial charge in [0.25, 0.3) is 0 Å². The summed E-state index contributed by atoms with van der Waals surface area (Å²) >= 11 is 0.